The van der Waals surface area contributed by atoms with E-state index in [4.69, 9.17) is 9.47 Å². The molecule has 2 heterocycles. The summed E-state index contributed by atoms with van der Waals surface area (Å²) >= 11 is 3.35. The molecule has 1 aromatic heterocycles. The van der Waals surface area contributed by atoms with E-state index in [-0.39, 0.29) is 5.91 Å². The Morgan fingerprint density at radius 3 is 2.53 bits per heavy atom. The molecule has 1 amide bonds. The molecule has 6 nitrogen and oxygen atoms in total. The van der Waals surface area contributed by atoms with E-state index in [1.165, 1.54) is 11.1 Å². The van der Waals surface area contributed by atoms with Gasteiger partial charge in [-0.3, -0.25) is 9.69 Å². The first kappa shape index (κ1) is 24.6. The van der Waals surface area contributed by atoms with Crippen molar-refractivity contribution in [3.05, 3.63) is 70.2 Å². The zero-order valence-corrected chi connectivity index (χ0v) is 21.6. The molecule has 3 aromatic rings. The van der Waals surface area contributed by atoms with Crippen molar-refractivity contribution < 1.29 is 14.3 Å². The molecule has 1 aliphatic rings. The van der Waals surface area contributed by atoms with Crippen molar-refractivity contribution in [3.63, 3.8) is 0 Å². The van der Waals surface area contributed by atoms with Gasteiger partial charge >= 0.3 is 0 Å². The first-order valence-electron chi connectivity index (χ1n) is 11.4. The van der Waals surface area contributed by atoms with Crippen molar-refractivity contribution in [1.82, 2.24) is 14.8 Å². The summed E-state index contributed by atoms with van der Waals surface area (Å²) in [5.74, 6) is 2.73. The predicted molar refractivity (Wildman–Crippen MR) is 138 cm³/mol. The molecule has 1 saturated heterocycles. The van der Waals surface area contributed by atoms with Gasteiger partial charge in [0.1, 0.15) is 15.8 Å². The van der Waals surface area contributed by atoms with Crippen LogP contribution >= 0.6 is 23.1 Å². The zero-order valence-electron chi connectivity index (χ0n) is 20.0. The van der Waals surface area contributed by atoms with Gasteiger partial charge in [0, 0.05) is 49.4 Å². The van der Waals surface area contributed by atoms with Crippen molar-refractivity contribution in [1.29, 1.82) is 0 Å². The lowest BCUT2D eigenvalue weighted by atomic mass is 10.1. The number of methoxy groups -OCH3 is 2. The van der Waals surface area contributed by atoms with Gasteiger partial charge in [-0.05, 0) is 30.7 Å². The maximum atomic E-state index is 12.9. The van der Waals surface area contributed by atoms with Crippen LogP contribution in [0.5, 0.6) is 11.5 Å². The maximum Gasteiger partial charge on any atom is 0.228 e. The van der Waals surface area contributed by atoms with Crippen LogP contribution in [-0.4, -0.2) is 61.1 Å². The highest BCUT2D eigenvalue weighted by molar-refractivity contribution is 8.00. The fraction of sp³-hybridized carbons (Fsp3) is 0.385. The number of carbonyl (C=O) groups excluding carboxylic acids is 1. The van der Waals surface area contributed by atoms with Crippen LogP contribution in [0.2, 0.25) is 0 Å². The number of hydrogen-bond donors (Lipinski definition) is 0. The van der Waals surface area contributed by atoms with E-state index in [0.29, 0.717) is 6.42 Å². The molecule has 0 unspecified atom stereocenters. The maximum absolute atomic E-state index is 12.9. The lowest BCUT2D eigenvalue weighted by Crippen LogP contribution is -2.48. The lowest BCUT2D eigenvalue weighted by Gasteiger charge is -2.35. The number of thiazole rings is 1. The quantitative estimate of drug-likeness (QED) is 0.401. The van der Waals surface area contributed by atoms with Crippen LogP contribution in [0.25, 0.3) is 0 Å². The minimum atomic E-state index is 0.152. The Balaban J connectivity index is 1.24. The number of rotatable bonds is 9. The molecule has 0 spiro atoms. The fourth-order valence-corrected chi connectivity index (χ4v) is 5.73. The molecule has 2 aromatic carbocycles. The van der Waals surface area contributed by atoms with E-state index in [9.17, 15) is 4.79 Å². The fourth-order valence-electron chi connectivity index (χ4n) is 3.93. The third kappa shape index (κ3) is 6.52. The van der Waals surface area contributed by atoms with E-state index in [1.807, 2.05) is 28.5 Å². The Morgan fingerprint density at radius 1 is 1.06 bits per heavy atom. The Bertz CT molecular complexity index is 1090. The molecule has 0 bridgehead atoms. The standard InChI is InChI=1S/C26H31N3O3S2/c1-19-4-6-20(7-5-19)17-33-26-27-22(18-34-26)15-25(30)29-12-10-28(11-13-29)16-21-14-23(31-2)8-9-24(21)32-3/h4-9,14,18H,10-13,15-17H2,1-3H3. The van der Waals surface area contributed by atoms with Crippen LogP contribution in [0.4, 0.5) is 0 Å². The number of nitrogens with zero attached hydrogens (tertiary/aromatic N) is 3. The lowest BCUT2D eigenvalue weighted by molar-refractivity contribution is -0.132. The monoisotopic (exact) mass is 497 g/mol. The average molecular weight is 498 g/mol. The highest BCUT2D eigenvalue weighted by Crippen LogP contribution is 2.27. The number of amides is 1. The van der Waals surface area contributed by atoms with Crippen molar-refractivity contribution >= 4 is 29.0 Å². The molecular weight excluding hydrogens is 466 g/mol. The number of carbonyl (C=O) groups is 1. The Labute approximate surface area is 209 Å². The largest absolute Gasteiger partial charge is 0.497 e. The van der Waals surface area contributed by atoms with Gasteiger partial charge in [-0.2, -0.15) is 0 Å². The van der Waals surface area contributed by atoms with E-state index in [2.05, 4.69) is 41.1 Å². The number of piperazine rings is 1. The third-order valence-corrected chi connectivity index (χ3v) is 8.09. The van der Waals surface area contributed by atoms with Crippen LogP contribution in [0.3, 0.4) is 0 Å². The number of aryl methyl sites for hydroxylation is 1. The second kappa shape index (κ2) is 11.7. The van der Waals surface area contributed by atoms with Gasteiger partial charge in [0.05, 0.1) is 26.3 Å². The van der Waals surface area contributed by atoms with Crippen LogP contribution < -0.4 is 9.47 Å². The second-order valence-electron chi connectivity index (χ2n) is 8.39. The zero-order chi connectivity index (χ0) is 23.9. The molecule has 8 heteroatoms. The van der Waals surface area contributed by atoms with Crippen LogP contribution in [0, 0.1) is 6.92 Å². The molecule has 34 heavy (non-hydrogen) atoms. The normalized spacial score (nSPS) is 14.3. The predicted octanol–water partition coefficient (Wildman–Crippen LogP) is 4.65. The van der Waals surface area contributed by atoms with Crippen LogP contribution in [0.1, 0.15) is 22.4 Å². The van der Waals surface area contributed by atoms with E-state index >= 15 is 0 Å². The van der Waals surface area contributed by atoms with E-state index < -0.39 is 0 Å². The smallest absolute Gasteiger partial charge is 0.228 e. The number of ether oxygens (including phenoxy) is 2. The van der Waals surface area contributed by atoms with Gasteiger partial charge < -0.3 is 14.4 Å². The summed E-state index contributed by atoms with van der Waals surface area (Å²) in [6.45, 7) is 5.99. The first-order valence-corrected chi connectivity index (χ1v) is 13.2. The topological polar surface area (TPSA) is 54.9 Å². The third-order valence-electron chi connectivity index (χ3n) is 5.95. The molecule has 4 rings (SSSR count). The molecule has 0 N–H and O–H groups in total. The molecular formula is C26H31N3O3S2. The van der Waals surface area contributed by atoms with E-state index in [1.54, 1.807) is 37.3 Å². The summed E-state index contributed by atoms with van der Waals surface area (Å²) in [4.78, 5) is 21.9. The highest BCUT2D eigenvalue weighted by atomic mass is 32.2. The summed E-state index contributed by atoms with van der Waals surface area (Å²) in [5.41, 5.74) is 4.52. The SMILES string of the molecule is COc1ccc(OC)c(CN2CCN(C(=O)Cc3csc(SCc4ccc(C)cc4)n3)CC2)c1. The molecule has 1 aliphatic heterocycles. The van der Waals surface area contributed by atoms with Crippen LogP contribution in [0.15, 0.2) is 52.2 Å². The van der Waals surface area contributed by atoms with Crippen LogP contribution in [-0.2, 0) is 23.5 Å². The summed E-state index contributed by atoms with van der Waals surface area (Å²) in [6, 6.07) is 14.4. The molecule has 0 aliphatic carbocycles. The molecule has 180 valence electrons. The number of benzene rings is 2. The summed E-state index contributed by atoms with van der Waals surface area (Å²) in [5, 5.41) is 2.01. The number of thioether (sulfide) groups is 1. The van der Waals surface area contributed by atoms with Gasteiger partial charge in [-0.15, -0.1) is 11.3 Å². The van der Waals surface area contributed by atoms with Gasteiger partial charge in [0.25, 0.3) is 0 Å². The number of hydrogen-bond acceptors (Lipinski definition) is 7. The average Bonchev–Trinajstić information content (AvgIpc) is 3.31. The van der Waals surface area contributed by atoms with Gasteiger partial charge in [-0.25, -0.2) is 4.98 Å². The van der Waals surface area contributed by atoms with Gasteiger partial charge in [0.15, 0.2) is 0 Å². The Hall–Kier alpha value is -2.55. The van der Waals surface area contributed by atoms with Crippen molar-refractivity contribution in [2.45, 2.75) is 30.0 Å². The molecule has 1 fully saturated rings. The van der Waals surface area contributed by atoms with E-state index in [0.717, 1.165) is 65.6 Å². The van der Waals surface area contributed by atoms with Crippen molar-refractivity contribution in [3.8, 4) is 11.5 Å². The number of aromatic nitrogens is 1. The summed E-state index contributed by atoms with van der Waals surface area (Å²) < 4.78 is 11.9. The van der Waals surface area contributed by atoms with Crippen molar-refractivity contribution in [2.24, 2.45) is 0 Å². The van der Waals surface area contributed by atoms with Crippen molar-refractivity contribution in [2.75, 3.05) is 40.4 Å². The summed E-state index contributed by atoms with van der Waals surface area (Å²) in [7, 11) is 3.36. The second-order valence-corrected chi connectivity index (χ2v) is 10.5. The van der Waals surface area contributed by atoms with Gasteiger partial charge in [0.2, 0.25) is 5.91 Å². The molecule has 0 saturated carbocycles. The molecule has 0 atom stereocenters. The Morgan fingerprint density at radius 2 is 1.82 bits per heavy atom. The molecule has 0 radical (unpaired) electrons. The summed E-state index contributed by atoms with van der Waals surface area (Å²) in [6.07, 6.45) is 0.366. The van der Waals surface area contributed by atoms with Gasteiger partial charge in [-0.1, -0.05) is 41.6 Å². The first-order chi connectivity index (χ1) is 16.5. The minimum absolute atomic E-state index is 0.152. The Kier molecular flexibility index (Phi) is 8.48. The highest BCUT2D eigenvalue weighted by Gasteiger charge is 2.23. The minimum Gasteiger partial charge on any atom is -0.497 e.